The predicted octanol–water partition coefficient (Wildman–Crippen LogP) is 3.96. The summed E-state index contributed by atoms with van der Waals surface area (Å²) in [6, 6.07) is 14.8. The number of hydrogen-bond donors (Lipinski definition) is 1. The average Bonchev–Trinajstić information content (AvgIpc) is 3.11. The van der Waals surface area contributed by atoms with Gasteiger partial charge in [0.05, 0.1) is 18.7 Å². The smallest absolute Gasteiger partial charge is 0.222 e. The summed E-state index contributed by atoms with van der Waals surface area (Å²) in [5.74, 6) is 1.35. The molecule has 0 fully saturated rings. The molecule has 0 spiro atoms. The predicted molar refractivity (Wildman–Crippen MR) is 93.2 cm³/mol. The first kappa shape index (κ1) is 15.6. The van der Waals surface area contributed by atoms with Gasteiger partial charge in [0, 0.05) is 0 Å². The number of nitrogens with zero attached hydrogens (tertiary/aromatic N) is 3. The lowest BCUT2D eigenvalue weighted by molar-refractivity contribution is 0.340. The van der Waals surface area contributed by atoms with E-state index in [0.717, 1.165) is 29.2 Å². The highest BCUT2D eigenvalue weighted by atomic mass is 19.1. The molecule has 0 aliphatic carbocycles. The summed E-state index contributed by atoms with van der Waals surface area (Å²) in [5, 5.41) is 7.76. The minimum absolute atomic E-state index is 0.0101. The number of hydrogen-bond acceptors (Lipinski definition) is 4. The zero-order valence-corrected chi connectivity index (χ0v) is 13.9. The Balaban J connectivity index is 1.64. The van der Waals surface area contributed by atoms with Crippen molar-refractivity contribution < 1.29 is 9.13 Å². The van der Waals surface area contributed by atoms with Crippen molar-refractivity contribution in [3.63, 3.8) is 0 Å². The van der Waals surface area contributed by atoms with Gasteiger partial charge in [0.25, 0.3) is 0 Å². The van der Waals surface area contributed by atoms with Crippen molar-refractivity contribution in [1.82, 2.24) is 14.8 Å². The highest BCUT2D eigenvalue weighted by Crippen LogP contribution is 2.37. The molecule has 0 unspecified atom stereocenters. The van der Waals surface area contributed by atoms with E-state index < -0.39 is 0 Å². The summed E-state index contributed by atoms with van der Waals surface area (Å²) in [6.07, 6.45) is 2.34. The number of nitrogens with one attached hydrogen (secondary N) is 1. The highest BCUT2D eigenvalue weighted by molar-refractivity contribution is 5.39. The molecule has 3 aromatic rings. The van der Waals surface area contributed by atoms with E-state index in [2.05, 4.69) is 27.5 Å². The number of anilines is 1. The molecule has 0 amide bonds. The van der Waals surface area contributed by atoms with Gasteiger partial charge >= 0.3 is 0 Å². The lowest BCUT2D eigenvalue weighted by Crippen LogP contribution is -2.28. The second kappa shape index (κ2) is 6.55. The van der Waals surface area contributed by atoms with Gasteiger partial charge in [-0.05, 0) is 48.7 Å². The fourth-order valence-corrected chi connectivity index (χ4v) is 3.26. The van der Waals surface area contributed by atoms with Crippen LogP contribution in [0.1, 0.15) is 36.6 Å². The van der Waals surface area contributed by atoms with Crippen LogP contribution < -0.4 is 10.1 Å². The second-order valence-electron chi connectivity index (χ2n) is 6.03. The van der Waals surface area contributed by atoms with Crippen LogP contribution in [0.4, 0.5) is 10.3 Å². The SMILES string of the molecule is CCOc1ccc([C@H]2C[C@H](c3ccc(F)cc3)n3ncnc3N2)cc1. The largest absolute Gasteiger partial charge is 0.494 e. The molecule has 1 aliphatic rings. The molecule has 2 aromatic carbocycles. The van der Waals surface area contributed by atoms with E-state index in [1.165, 1.54) is 12.1 Å². The van der Waals surface area contributed by atoms with E-state index in [-0.39, 0.29) is 17.9 Å². The molecule has 1 aromatic heterocycles. The number of ether oxygens (including phenoxy) is 1. The Bertz CT molecular complexity index is 845. The fraction of sp³-hybridized carbons (Fsp3) is 0.263. The van der Waals surface area contributed by atoms with Gasteiger partial charge in [0.15, 0.2) is 0 Å². The molecule has 1 N–H and O–H groups in total. The van der Waals surface area contributed by atoms with Crippen molar-refractivity contribution in [2.75, 3.05) is 11.9 Å². The van der Waals surface area contributed by atoms with E-state index in [4.69, 9.17) is 4.74 Å². The van der Waals surface area contributed by atoms with Crippen molar-refractivity contribution in [3.8, 4) is 5.75 Å². The van der Waals surface area contributed by atoms with E-state index in [9.17, 15) is 4.39 Å². The third-order valence-corrected chi connectivity index (χ3v) is 4.48. The second-order valence-corrected chi connectivity index (χ2v) is 6.03. The van der Waals surface area contributed by atoms with Crippen LogP contribution in [0, 0.1) is 5.82 Å². The first-order valence-electron chi connectivity index (χ1n) is 8.39. The molecule has 0 saturated carbocycles. The molecular weight excluding hydrogens is 319 g/mol. The van der Waals surface area contributed by atoms with Gasteiger partial charge in [0.2, 0.25) is 5.95 Å². The van der Waals surface area contributed by atoms with Gasteiger partial charge in [-0.25, -0.2) is 9.07 Å². The molecular formula is C19H19FN4O. The molecule has 0 saturated heterocycles. The zero-order valence-electron chi connectivity index (χ0n) is 13.9. The molecule has 128 valence electrons. The molecule has 25 heavy (non-hydrogen) atoms. The van der Waals surface area contributed by atoms with Gasteiger partial charge in [-0.15, -0.1) is 0 Å². The Hall–Kier alpha value is -2.89. The summed E-state index contributed by atoms with van der Waals surface area (Å²) >= 11 is 0. The molecule has 0 radical (unpaired) electrons. The van der Waals surface area contributed by atoms with Gasteiger partial charge in [-0.1, -0.05) is 24.3 Å². The molecule has 2 heterocycles. The number of rotatable bonds is 4. The van der Waals surface area contributed by atoms with Crippen LogP contribution in [0.3, 0.4) is 0 Å². The van der Waals surface area contributed by atoms with Gasteiger partial charge < -0.3 is 10.1 Å². The van der Waals surface area contributed by atoms with Gasteiger partial charge in [-0.3, -0.25) is 0 Å². The topological polar surface area (TPSA) is 52.0 Å². The first-order valence-corrected chi connectivity index (χ1v) is 8.39. The van der Waals surface area contributed by atoms with Crippen LogP contribution in [0.25, 0.3) is 0 Å². The molecule has 2 atom stereocenters. The van der Waals surface area contributed by atoms with Crippen molar-refractivity contribution >= 4 is 5.95 Å². The monoisotopic (exact) mass is 338 g/mol. The fourth-order valence-electron chi connectivity index (χ4n) is 3.26. The third kappa shape index (κ3) is 3.07. The van der Waals surface area contributed by atoms with Crippen LogP contribution in [0.5, 0.6) is 5.75 Å². The number of fused-ring (bicyclic) bond motifs is 1. The number of benzene rings is 2. The van der Waals surface area contributed by atoms with Crippen LogP contribution in [0.15, 0.2) is 54.9 Å². The van der Waals surface area contributed by atoms with E-state index in [0.29, 0.717) is 6.61 Å². The Labute approximate surface area is 145 Å². The minimum Gasteiger partial charge on any atom is -0.494 e. The zero-order chi connectivity index (χ0) is 17.2. The van der Waals surface area contributed by atoms with Crippen molar-refractivity contribution in [1.29, 1.82) is 0 Å². The van der Waals surface area contributed by atoms with Crippen LogP contribution in [-0.2, 0) is 0 Å². The summed E-state index contributed by atoms with van der Waals surface area (Å²) in [4.78, 5) is 4.31. The maximum atomic E-state index is 13.3. The summed E-state index contributed by atoms with van der Waals surface area (Å²) in [5.41, 5.74) is 2.18. The van der Waals surface area contributed by atoms with Crippen LogP contribution in [0.2, 0.25) is 0 Å². The minimum atomic E-state index is -0.237. The first-order chi connectivity index (χ1) is 12.2. The van der Waals surface area contributed by atoms with Gasteiger partial charge in [0.1, 0.15) is 17.9 Å². The van der Waals surface area contributed by atoms with E-state index >= 15 is 0 Å². The van der Waals surface area contributed by atoms with Crippen LogP contribution in [-0.4, -0.2) is 21.4 Å². The summed E-state index contributed by atoms with van der Waals surface area (Å²) in [7, 11) is 0. The molecule has 1 aliphatic heterocycles. The van der Waals surface area contributed by atoms with Gasteiger partial charge in [-0.2, -0.15) is 10.1 Å². The Morgan fingerprint density at radius 1 is 1.12 bits per heavy atom. The molecule has 4 rings (SSSR count). The molecule has 6 heteroatoms. The van der Waals surface area contributed by atoms with E-state index in [1.807, 2.05) is 35.9 Å². The standard InChI is InChI=1S/C19H19FN4O/c1-2-25-16-9-5-13(6-10-16)17-11-18(14-3-7-15(20)8-4-14)24-19(23-17)21-12-22-24/h3-10,12,17-18H,2,11H2,1H3,(H,21,22,23)/t17-,18-/m1/s1. The molecule has 5 nitrogen and oxygen atoms in total. The number of aromatic nitrogens is 3. The number of halogens is 1. The van der Waals surface area contributed by atoms with Crippen molar-refractivity contribution in [2.45, 2.75) is 25.4 Å². The summed E-state index contributed by atoms with van der Waals surface area (Å²) < 4.78 is 20.6. The highest BCUT2D eigenvalue weighted by Gasteiger charge is 2.29. The maximum absolute atomic E-state index is 13.3. The Morgan fingerprint density at radius 2 is 1.84 bits per heavy atom. The van der Waals surface area contributed by atoms with Crippen LogP contribution >= 0.6 is 0 Å². The lowest BCUT2D eigenvalue weighted by Gasteiger charge is -2.31. The third-order valence-electron chi connectivity index (χ3n) is 4.48. The van der Waals surface area contributed by atoms with Crippen molar-refractivity contribution in [3.05, 3.63) is 71.8 Å². The quantitative estimate of drug-likeness (QED) is 0.782. The molecule has 0 bridgehead atoms. The Morgan fingerprint density at radius 3 is 2.56 bits per heavy atom. The maximum Gasteiger partial charge on any atom is 0.222 e. The summed E-state index contributed by atoms with van der Waals surface area (Å²) in [6.45, 7) is 2.62. The Kier molecular flexibility index (Phi) is 4.09. The normalized spacial score (nSPS) is 19.1. The lowest BCUT2D eigenvalue weighted by atomic mass is 9.93. The van der Waals surface area contributed by atoms with Crippen molar-refractivity contribution in [2.24, 2.45) is 0 Å². The average molecular weight is 338 g/mol. The van der Waals surface area contributed by atoms with E-state index in [1.54, 1.807) is 6.33 Å².